The predicted molar refractivity (Wildman–Crippen MR) is 93.5 cm³/mol. The second-order valence-electron chi connectivity index (χ2n) is 6.24. The summed E-state index contributed by atoms with van der Waals surface area (Å²) in [6.07, 6.45) is 1.07. The molecule has 1 heterocycles. The van der Waals surface area contributed by atoms with Crippen molar-refractivity contribution in [2.24, 2.45) is 0 Å². The maximum Gasteiger partial charge on any atom is 0.224 e. The van der Waals surface area contributed by atoms with Crippen molar-refractivity contribution in [3.05, 3.63) is 45.8 Å². The number of rotatable bonds is 7. The minimum Gasteiger partial charge on any atom is -0.493 e. The van der Waals surface area contributed by atoms with E-state index >= 15 is 0 Å². The van der Waals surface area contributed by atoms with E-state index in [0.29, 0.717) is 25.3 Å². The molecule has 1 amide bonds. The topological polar surface area (TPSA) is 64.4 Å². The van der Waals surface area contributed by atoms with Gasteiger partial charge in [0.15, 0.2) is 0 Å². The lowest BCUT2D eigenvalue weighted by molar-refractivity contribution is -0.120. The molecule has 5 heteroatoms. The zero-order valence-corrected chi connectivity index (χ0v) is 15.2. The third kappa shape index (κ3) is 4.60. The van der Waals surface area contributed by atoms with E-state index in [9.17, 15) is 4.79 Å². The lowest BCUT2D eigenvalue weighted by Gasteiger charge is -2.12. The van der Waals surface area contributed by atoms with Crippen LogP contribution in [0.5, 0.6) is 5.75 Å². The summed E-state index contributed by atoms with van der Waals surface area (Å²) < 4.78 is 10.9. The molecule has 5 nitrogen and oxygen atoms in total. The maximum absolute atomic E-state index is 12.0. The second kappa shape index (κ2) is 7.99. The van der Waals surface area contributed by atoms with Gasteiger partial charge in [0, 0.05) is 12.1 Å². The number of carbonyl (C=O) groups excluding carboxylic acids is 1. The number of nitrogens with one attached hydrogen (secondary N) is 1. The van der Waals surface area contributed by atoms with Gasteiger partial charge in [0.25, 0.3) is 0 Å². The summed E-state index contributed by atoms with van der Waals surface area (Å²) in [6.45, 7) is 11.1. The molecule has 24 heavy (non-hydrogen) atoms. The smallest absolute Gasteiger partial charge is 0.224 e. The van der Waals surface area contributed by atoms with E-state index in [1.165, 1.54) is 16.7 Å². The SMILES string of the molecule is Cc1cc(C)c(C)c(OCCCNC(=O)Cc2c(C)noc2C)c1. The highest BCUT2D eigenvalue weighted by atomic mass is 16.5. The fourth-order valence-corrected chi connectivity index (χ4v) is 2.61. The Bertz CT molecular complexity index is 700. The molecule has 1 aromatic carbocycles. The Morgan fingerprint density at radius 3 is 2.62 bits per heavy atom. The van der Waals surface area contributed by atoms with E-state index in [1.54, 1.807) is 0 Å². The quantitative estimate of drug-likeness (QED) is 0.791. The number of ether oxygens (including phenoxy) is 1. The molecule has 130 valence electrons. The number of aryl methyl sites for hydroxylation is 4. The van der Waals surface area contributed by atoms with Crippen LogP contribution in [0, 0.1) is 34.6 Å². The van der Waals surface area contributed by atoms with Gasteiger partial charge >= 0.3 is 0 Å². The first-order chi connectivity index (χ1) is 11.4. The van der Waals surface area contributed by atoms with Crippen LogP contribution in [-0.4, -0.2) is 24.2 Å². The Labute approximate surface area is 143 Å². The van der Waals surface area contributed by atoms with Crippen LogP contribution in [0.2, 0.25) is 0 Å². The summed E-state index contributed by atoms with van der Waals surface area (Å²) in [6, 6.07) is 4.20. The second-order valence-corrected chi connectivity index (χ2v) is 6.24. The van der Waals surface area contributed by atoms with Crippen LogP contribution in [0.25, 0.3) is 0 Å². The molecule has 0 radical (unpaired) electrons. The molecule has 1 aromatic heterocycles. The molecule has 0 fully saturated rings. The predicted octanol–water partition coefficient (Wildman–Crippen LogP) is 3.34. The largest absolute Gasteiger partial charge is 0.493 e. The summed E-state index contributed by atoms with van der Waals surface area (Å²) in [5.41, 5.74) is 5.24. The summed E-state index contributed by atoms with van der Waals surface area (Å²) in [5, 5.41) is 6.77. The van der Waals surface area contributed by atoms with Gasteiger partial charge in [-0.1, -0.05) is 11.2 Å². The molecule has 0 saturated carbocycles. The molecule has 0 aliphatic rings. The van der Waals surface area contributed by atoms with Crippen molar-refractivity contribution < 1.29 is 14.1 Å². The summed E-state index contributed by atoms with van der Waals surface area (Å²) >= 11 is 0. The van der Waals surface area contributed by atoms with Crippen molar-refractivity contribution in [3.8, 4) is 5.75 Å². The third-order valence-corrected chi connectivity index (χ3v) is 4.18. The van der Waals surface area contributed by atoms with Crippen molar-refractivity contribution in [1.82, 2.24) is 10.5 Å². The lowest BCUT2D eigenvalue weighted by Crippen LogP contribution is -2.27. The van der Waals surface area contributed by atoms with Crippen molar-refractivity contribution in [1.29, 1.82) is 0 Å². The molecule has 0 spiro atoms. The molecule has 2 aromatic rings. The van der Waals surface area contributed by atoms with Crippen molar-refractivity contribution >= 4 is 5.91 Å². The standard InChI is InChI=1S/C19H26N2O3/c1-12-9-13(2)14(3)18(10-12)23-8-6-7-20-19(22)11-17-15(4)21-24-16(17)5/h9-10H,6-8,11H2,1-5H3,(H,20,22). The Hall–Kier alpha value is -2.30. The van der Waals surface area contributed by atoms with Crippen LogP contribution in [0.3, 0.4) is 0 Å². The van der Waals surface area contributed by atoms with E-state index in [-0.39, 0.29) is 5.91 Å². The Kier molecular flexibility index (Phi) is 6.01. The van der Waals surface area contributed by atoms with Gasteiger partial charge in [-0.05, 0) is 63.8 Å². The van der Waals surface area contributed by atoms with Crippen LogP contribution in [-0.2, 0) is 11.2 Å². The average molecular weight is 330 g/mol. The van der Waals surface area contributed by atoms with E-state index in [0.717, 1.165) is 23.4 Å². The number of nitrogens with zero attached hydrogens (tertiary/aromatic N) is 1. The zero-order chi connectivity index (χ0) is 17.7. The van der Waals surface area contributed by atoms with Gasteiger partial charge in [0.1, 0.15) is 11.5 Å². The highest BCUT2D eigenvalue weighted by Gasteiger charge is 2.13. The fraction of sp³-hybridized carbons (Fsp3) is 0.474. The molecule has 1 N–H and O–H groups in total. The van der Waals surface area contributed by atoms with Crippen molar-refractivity contribution in [2.45, 2.75) is 47.5 Å². The van der Waals surface area contributed by atoms with Gasteiger partial charge in [0.2, 0.25) is 5.91 Å². The van der Waals surface area contributed by atoms with Gasteiger partial charge in [-0.25, -0.2) is 0 Å². The van der Waals surface area contributed by atoms with Crippen molar-refractivity contribution in [2.75, 3.05) is 13.2 Å². The van der Waals surface area contributed by atoms with Gasteiger partial charge < -0.3 is 14.6 Å². The first-order valence-corrected chi connectivity index (χ1v) is 8.27. The minimum absolute atomic E-state index is 0.0213. The number of benzene rings is 1. The number of hydrogen-bond acceptors (Lipinski definition) is 4. The molecular formula is C19H26N2O3. The van der Waals surface area contributed by atoms with Crippen LogP contribution in [0.15, 0.2) is 16.7 Å². The molecule has 0 bridgehead atoms. The molecule has 0 saturated heterocycles. The van der Waals surface area contributed by atoms with E-state index < -0.39 is 0 Å². The van der Waals surface area contributed by atoms with Crippen LogP contribution in [0.1, 0.15) is 40.1 Å². The number of amides is 1. The highest BCUT2D eigenvalue weighted by Crippen LogP contribution is 2.23. The van der Waals surface area contributed by atoms with Gasteiger partial charge in [0.05, 0.1) is 18.7 Å². The van der Waals surface area contributed by atoms with Crippen LogP contribution >= 0.6 is 0 Å². The maximum atomic E-state index is 12.0. The molecular weight excluding hydrogens is 304 g/mol. The molecule has 0 unspecified atom stereocenters. The molecule has 0 aliphatic carbocycles. The van der Waals surface area contributed by atoms with E-state index in [4.69, 9.17) is 9.26 Å². The first kappa shape index (κ1) is 18.0. The zero-order valence-electron chi connectivity index (χ0n) is 15.2. The molecule has 2 rings (SSSR count). The van der Waals surface area contributed by atoms with Crippen molar-refractivity contribution in [3.63, 3.8) is 0 Å². The summed E-state index contributed by atoms with van der Waals surface area (Å²) in [5.74, 6) is 1.61. The fourth-order valence-electron chi connectivity index (χ4n) is 2.61. The molecule has 0 atom stereocenters. The number of hydrogen-bond donors (Lipinski definition) is 1. The Morgan fingerprint density at radius 1 is 1.21 bits per heavy atom. The Balaban J connectivity index is 1.73. The highest BCUT2D eigenvalue weighted by molar-refractivity contribution is 5.78. The van der Waals surface area contributed by atoms with Crippen LogP contribution in [0.4, 0.5) is 0 Å². The summed E-state index contributed by atoms with van der Waals surface area (Å²) in [7, 11) is 0. The van der Waals surface area contributed by atoms with Crippen LogP contribution < -0.4 is 10.1 Å². The van der Waals surface area contributed by atoms with Gasteiger partial charge in [-0.15, -0.1) is 0 Å². The Morgan fingerprint density at radius 2 is 1.96 bits per heavy atom. The summed E-state index contributed by atoms with van der Waals surface area (Å²) in [4.78, 5) is 12.0. The lowest BCUT2D eigenvalue weighted by atomic mass is 10.1. The first-order valence-electron chi connectivity index (χ1n) is 8.27. The van der Waals surface area contributed by atoms with E-state index in [1.807, 2.05) is 13.8 Å². The average Bonchev–Trinajstić information content (AvgIpc) is 2.83. The number of carbonyl (C=O) groups is 1. The molecule has 0 aliphatic heterocycles. The normalized spacial score (nSPS) is 10.7. The monoisotopic (exact) mass is 330 g/mol. The number of aromatic nitrogens is 1. The van der Waals surface area contributed by atoms with Gasteiger partial charge in [-0.3, -0.25) is 4.79 Å². The third-order valence-electron chi connectivity index (χ3n) is 4.18. The van der Waals surface area contributed by atoms with E-state index in [2.05, 4.69) is 43.4 Å². The van der Waals surface area contributed by atoms with Gasteiger partial charge in [-0.2, -0.15) is 0 Å². The minimum atomic E-state index is -0.0213.